The summed E-state index contributed by atoms with van der Waals surface area (Å²) in [4.78, 5) is 0. The standard InChI is InChI=1S/C27H18O/c1-28-27-20-25-14-8-7-13-24(25)19-26(27)18-17-23-12-6-5-11-22(23)16-15-21-9-3-2-4-10-21/h2-14,19-20H,1H3. The lowest BCUT2D eigenvalue weighted by Crippen LogP contribution is -1.89. The van der Waals surface area contributed by atoms with Gasteiger partial charge in [-0.1, -0.05) is 78.3 Å². The van der Waals surface area contributed by atoms with Gasteiger partial charge >= 0.3 is 0 Å². The van der Waals surface area contributed by atoms with Gasteiger partial charge in [-0.05, 0) is 47.2 Å². The van der Waals surface area contributed by atoms with E-state index in [0.29, 0.717) is 0 Å². The van der Waals surface area contributed by atoms with E-state index in [1.54, 1.807) is 7.11 Å². The van der Waals surface area contributed by atoms with Gasteiger partial charge in [0, 0.05) is 16.7 Å². The Labute approximate surface area is 165 Å². The highest BCUT2D eigenvalue weighted by molar-refractivity contribution is 5.86. The molecule has 0 aliphatic heterocycles. The minimum absolute atomic E-state index is 0.777. The topological polar surface area (TPSA) is 9.23 Å². The van der Waals surface area contributed by atoms with Gasteiger partial charge in [0.05, 0.1) is 12.7 Å². The first-order valence-corrected chi connectivity index (χ1v) is 9.08. The molecule has 1 heteroatoms. The second kappa shape index (κ2) is 8.17. The second-order valence-corrected chi connectivity index (χ2v) is 6.31. The Morgan fingerprint density at radius 3 is 1.75 bits per heavy atom. The molecule has 0 aromatic heterocycles. The SMILES string of the molecule is COc1cc2ccccc2cc1C#Cc1ccccc1C#Cc1ccccc1. The van der Waals surface area contributed by atoms with E-state index in [1.165, 1.54) is 0 Å². The van der Waals surface area contributed by atoms with Crippen LogP contribution in [0.3, 0.4) is 0 Å². The van der Waals surface area contributed by atoms with Crippen molar-refractivity contribution in [2.75, 3.05) is 7.11 Å². The summed E-state index contributed by atoms with van der Waals surface area (Å²) in [5.41, 5.74) is 3.67. The van der Waals surface area contributed by atoms with Crippen molar-refractivity contribution >= 4 is 10.8 Å². The molecule has 0 aliphatic rings. The first-order chi connectivity index (χ1) is 13.8. The molecule has 1 nitrogen and oxygen atoms in total. The van der Waals surface area contributed by atoms with Gasteiger partial charge in [-0.3, -0.25) is 0 Å². The zero-order valence-electron chi connectivity index (χ0n) is 15.6. The number of hydrogen-bond donors (Lipinski definition) is 0. The third kappa shape index (κ3) is 3.90. The molecule has 4 aromatic rings. The zero-order valence-corrected chi connectivity index (χ0v) is 15.6. The van der Waals surface area contributed by atoms with Crippen molar-refractivity contribution in [1.29, 1.82) is 0 Å². The maximum absolute atomic E-state index is 5.55. The third-order valence-electron chi connectivity index (χ3n) is 4.44. The lowest BCUT2D eigenvalue weighted by molar-refractivity contribution is 0.414. The number of benzene rings is 4. The van der Waals surface area contributed by atoms with E-state index < -0.39 is 0 Å². The number of hydrogen-bond acceptors (Lipinski definition) is 1. The van der Waals surface area contributed by atoms with Gasteiger partial charge in [-0.15, -0.1) is 0 Å². The van der Waals surface area contributed by atoms with Crippen LogP contribution in [-0.4, -0.2) is 7.11 Å². The Hall–Kier alpha value is -3.94. The summed E-state index contributed by atoms with van der Waals surface area (Å²) in [7, 11) is 1.68. The summed E-state index contributed by atoms with van der Waals surface area (Å²) in [5.74, 6) is 13.8. The van der Waals surface area contributed by atoms with Gasteiger partial charge in [0.2, 0.25) is 0 Å². The maximum Gasteiger partial charge on any atom is 0.135 e. The highest BCUT2D eigenvalue weighted by Crippen LogP contribution is 2.25. The molecule has 0 atom stereocenters. The smallest absolute Gasteiger partial charge is 0.135 e. The van der Waals surface area contributed by atoms with Crippen molar-refractivity contribution in [3.8, 4) is 29.4 Å². The van der Waals surface area contributed by atoms with E-state index in [1.807, 2.05) is 72.8 Å². The van der Waals surface area contributed by atoms with Crippen molar-refractivity contribution in [3.05, 3.63) is 113 Å². The zero-order chi connectivity index (χ0) is 19.2. The molecule has 28 heavy (non-hydrogen) atoms. The van der Waals surface area contributed by atoms with E-state index >= 15 is 0 Å². The quantitative estimate of drug-likeness (QED) is 0.400. The average Bonchev–Trinajstić information content (AvgIpc) is 2.76. The van der Waals surface area contributed by atoms with Crippen LogP contribution in [0.1, 0.15) is 22.3 Å². The summed E-state index contributed by atoms with van der Waals surface area (Å²) < 4.78 is 5.55. The average molecular weight is 358 g/mol. The molecule has 0 N–H and O–H groups in total. The van der Waals surface area contributed by atoms with Crippen LogP contribution in [0.15, 0.2) is 91.0 Å². The Bertz CT molecular complexity index is 1250. The van der Waals surface area contributed by atoms with Crippen LogP contribution in [-0.2, 0) is 0 Å². The molecule has 132 valence electrons. The minimum atomic E-state index is 0.777. The Kier molecular flexibility index (Phi) is 5.10. The van der Waals surface area contributed by atoms with Crippen molar-refractivity contribution < 1.29 is 4.74 Å². The van der Waals surface area contributed by atoms with Crippen LogP contribution < -0.4 is 4.74 Å². The van der Waals surface area contributed by atoms with Gasteiger partial charge in [-0.25, -0.2) is 0 Å². The largest absolute Gasteiger partial charge is 0.495 e. The lowest BCUT2D eigenvalue weighted by atomic mass is 10.0. The van der Waals surface area contributed by atoms with Crippen LogP contribution >= 0.6 is 0 Å². The van der Waals surface area contributed by atoms with Crippen LogP contribution in [0.2, 0.25) is 0 Å². The molecule has 0 bridgehead atoms. The Morgan fingerprint density at radius 2 is 1.07 bits per heavy atom. The normalized spacial score (nSPS) is 9.75. The molecule has 0 aliphatic carbocycles. The van der Waals surface area contributed by atoms with Crippen LogP contribution in [0.4, 0.5) is 0 Å². The molecule has 0 unspecified atom stereocenters. The van der Waals surface area contributed by atoms with E-state index in [-0.39, 0.29) is 0 Å². The first kappa shape index (κ1) is 17.5. The number of fused-ring (bicyclic) bond motifs is 1. The fourth-order valence-electron chi connectivity index (χ4n) is 2.98. The molecular weight excluding hydrogens is 340 g/mol. The van der Waals surface area contributed by atoms with Crippen LogP contribution in [0.25, 0.3) is 10.8 Å². The molecule has 0 heterocycles. The fraction of sp³-hybridized carbons (Fsp3) is 0.0370. The molecule has 0 saturated carbocycles. The van der Waals surface area contributed by atoms with Crippen molar-refractivity contribution in [1.82, 2.24) is 0 Å². The molecule has 0 spiro atoms. The van der Waals surface area contributed by atoms with Crippen molar-refractivity contribution in [2.45, 2.75) is 0 Å². The Morgan fingerprint density at radius 1 is 0.536 bits per heavy atom. The Balaban J connectivity index is 1.73. The molecule has 0 saturated heterocycles. The maximum atomic E-state index is 5.55. The molecule has 4 aromatic carbocycles. The molecular formula is C27H18O. The summed E-state index contributed by atoms with van der Waals surface area (Å²) in [6.45, 7) is 0. The summed E-state index contributed by atoms with van der Waals surface area (Å²) >= 11 is 0. The van der Waals surface area contributed by atoms with Gasteiger partial charge < -0.3 is 4.74 Å². The highest BCUT2D eigenvalue weighted by Gasteiger charge is 2.03. The second-order valence-electron chi connectivity index (χ2n) is 6.31. The van der Waals surface area contributed by atoms with Gasteiger partial charge in [0.25, 0.3) is 0 Å². The van der Waals surface area contributed by atoms with E-state index in [2.05, 4.69) is 41.9 Å². The predicted octanol–water partition coefficient (Wildman–Crippen LogP) is 5.65. The minimum Gasteiger partial charge on any atom is -0.495 e. The highest BCUT2D eigenvalue weighted by atomic mass is 16.5. The monoisotopic (exact) mass is 358 g/mol. The molecule has 0 fully saturated rings. The van der Waals surface area contributed by atoms with Gasteiger partial charge in [0.1, 0.15) is 5.75 Å². The predicted molar refractivity (Wildman–Crippen MR) is 115 cm³/mol. The number of methoxy groups -OCH3 is 1. The van der Waals surface area contributed by atoms with Crippen molar-refractivity contribution in [3.63, 3.8) is 0 Å². The number of ether oxygens (including phenoxy) is 1. The van der Waals surface area contributed by atoms with Gasteiger partial charge in [-0.2, -0.15) is 0 Å². The van der Waals surface area contributed by atoms with E-state index in [4.69, 9.17) is 4.74 Å². The van der Waals surface area contributed by atoms with E-state index in [9.17, 15) is 0 Å². The summed E-state index contributed by atoms with van der Waals surface area (Å²) in [5, 5.41) is 2.28. The molecule has 0 amide bonds. The molecule has 4 rings (SSSR count). The molecule has 0 radical (unpaired) electrons. The lowest BCUT2D eigenvalue weighted by Gasteiger charge is -2.06. The van der Waals surface area contributed by atoms with Crippen LogP contribution in [0.5, 0.6) is 5.75 Å². The summed E-state index contributed by atoms with van der Waals surface area (Å²) in [6, 6.07) is 30.2. The van der Waals surface area contributed by atoms with Crippen molar-refractivity contribution in [2.24, 2.45) is 0 Å². The third-order valence-corrected chi connectivity index (χ3v) is 4.44. The van der Waals surface area contributed by atoms with Gasteiger partial charge in [0.15, 0.2) is 0 Å². The first-order valence-electron chi connectivity index (χ1n) is 9.08. The van der Waals surface area contributed by atoms with E-state index in [0.717, 1.165) is 38.8 Å². The fourth-order valence-corrected chi connectivity index (χ4v) is 2.98. The van der Waals surface area contributed by atoms with Crippen LogP contribution in [0, 0.1) is 23.7 Å². The number of rotatable bonds is 1. The summed E-state index contributed by atoms with van der Waals surface area (Å²) in [6.07, 6.45) is 0.